The first-order chi connectivity index (χ1) is 5.88. The van der Waals surface area contributed by atoms with Crippen molar-refractivity contribution in [3.8, 4) is 0 Å². The van der Waals surface area contributed by atoms with Gasteiger partial charge >= 0.3 is 0 Å². The lowest BCUT2D eigenvalue weighted by Crippen LogP contribution is -2.31. The van der Waals surface area contributed by atoms with Crippen LogP contribution in [0.15, 0.2) is 26.8 Å². The zero-order valence-electron chi connectivity index (χ0n) is 6.51. The second-order valence-electron chi connectivity index (χ2n) is 3.23. The van der Waals surface area contributed by atoms with E-state index in [9.17, 15) is 0 Å². The number of rotatable bonds is 0. The summed E-state index contributed by atoms with van der Waals surface area (Å²) in [5.74, 6) is 0. The van der Waals surface area contributed by atoms with Crippen LogP contribution in [0.1, 0.15) is 0 Å². The van der Waals surface area contributed by atoms with E-state index in [4.69, 9.17) is 0 Å². The minimum Gasteiger partial charge on any atom is -0.332 e. The van der Waals surface area contributed by atoms with Crippen LogP contribution in [-0.2, 0) is 0 Å². The molecule has 0 aromatic heterocycles. The van der Waals surface area contributed by atoms with E-state index >= 15 is 0 Å². The highest BCUT2D eigenvalue weighted by atomic mass is 15.3. The van der Waals surface area contributed by atoms with Gasteiger partial charge in [-0.15, -0.1) is 0 Å². The Kier molecular flexibility index (Phi) is 0.930. The van der Waals surface area contributed by atoms with Gasteiger partial charge in [0.15, 0.2) is 0 Å². The van der Waals surface area contributed by atoms with Crippen molar-refractivity contribution in [1.82, 2.24) is 4.90 Å². The van der Waals surface area contributed by atoms with E-state index in [1.165, 1.54) is 5.70 Å². The van der Waals surface area contributed by atoms with E-state index in [2.05, 4.69) is 26.0 Å². The van der Waals surface area contributed by atoms with Crippen molar-refractivity contribution in [1.29, 1.82) is 0 Å². The summed E-state index contributed by atoms with van der Waals surface area (Å²) < 4.78 is 0. The second kappa shape index (κ2) is 1.83. The van der Waals surface area contributed by atoms with Crippen LogP contribution in [0.5, 0.6) is 0 Å². The Bertz CT molecular complexity index is 325. The van der Waals surface area contributed by atoms with Crippen LogP contribution in [0.4, 0.5) is 0 Å². The molecule has 4 nitrogen and oxygen atoms in total. The summed E-state index contributed by atoms with van der Waals surface area (Å²) in [7, 11) is 0. The molecule has 0 N–H and O–H groups in total. The molecule has 12 heavy (non-hydrogen) atoms. The van der Waals surface area contributed by atoms with E-state index in [1.54, 1.807) is 6.34 Å². The Hall–Kier alpha value is -1.45. The molecule has 3 aliphatic rings. The van der Waals surface area contributed by atoms with Crippen LogP contribution in [0, 0.1) is 0 Å². The molecular formula is C8H8N4. The molecule has 4 heteroatoms. The number of hydrogen-bond acceptors (Lipinski definition) is 4. The van der Waals surface area contributed by atoms with Crippen LogP contribution in [0.2, 0.25) is 0 Å². The molecule has 3 heterocycles. The summed E-state index contributed by atoms with van der Waals surface area (Å²) in [5, 5.41) is 0. The minimum atomic E-state index is -0.165. The first kappa shape index (κ1) is 6.11. The quantitative estimate of drug-likeness (QED) is 0.494. The average Bonchev–Trinajstić information content (AvgIpc) is 2.66. The number of hydrogen-bond donors (Lipinski definition) is 0. The molecule has 60 valence electrons. The topological polar surface area (TPSA) is 40.3 Å². The van der Waals surface area contributed by atoms with Gasteiger partial charge in [0.2, 0.25) is 0 Å². The second-order valence-corrected chi connectivity index (χ2v) is 3.23. The Morgan fingerprint density at radius 3 is 3.25 bits per heavy atom. The van der Waals surface area contributed by atoms with Crippen molar-refractivity contribution in [3.63, 3.8) is 0 Å². The molecule has 0 saturated carbocycles. The van der Waals surface area contributed by atoms with E-state index < -0.39 is 0 Å². The molecule has 0 aliphatic carbocycles. The summed E-state index contributed by atoms with van der Waals surface area (Å²) in [5.41, 5.74) is 1.09. The molecular weight excluding hydrogens is 152 g/mol. The Morgan fingerprint density at radius 2 is 2.50 bits per heavy atom. The van der Waals surface area contributed by atoms with E-state index in [0.717, 1.165) is 13.1 Å². The van der Waals surface area contributed by atoms with E-state index in [1.807, 2.05) is 12.6 Å². The van der Waals surface area contributed by atoms with Gasteiger partial charge in [-0.1, -0.05) is 0 Å². The van der Waals surface area contributed by atoms with E-state index in [0.29, 0.717) is 0 Å². The molecule has 0 bridgehead atoms. The zero-order valence-corrected chi connectivity index (χ0v) is 6.51. The van der Waals surface area contributed by atoms with Crippen molar-refractivity contribution in [3.05, 3.63) is 11.8 Å². The third-order valence-corrected chi connectivity index (χ3v) is 2.35. The molecule has 1 unspecified atom stereocenters. The predicted molar refractivity (Wildman–Crippen MR) is 47.9 cm³/mol. The smallest absolute Gasteiger partial charge is 0.135 e. The SMILES string of the molecule is C1=NC=NC12C=C1CN=CN1C2. The maximum atomic E-state index is 4.32. The van der Waals surface area contributed by atoms with Gasteiger partial charge in [-0.2, -0.15) is 0 Å². The first-order valence-corrected chi connectivity index (χ1v) is 3.94. The van der Waals surface area contributed by atoms with Crippen LogP contribution < -0.4 is 0 Å². The molecule has 0 radical (unpaired) electrons. The normalized spacial score (nSPS) is 35.3. The molecule has 0 aromatic carbocycles. The third kappa shape index (κ3) is 0.642. The zero-order chi connectivity index (χ0) is 8.02. The molecule has 0 amide bonds. The van der Waals surface area contributed by atoms with Crippen molar-refractivity contribution < 1.29 is 0 Å². The van der Waals surface area contributed by atoms with Gasteiger partial charge in [-0.25, -0.2) is 4.99 Å². The highest BCUT2D eigenvalue weighted by Crippen LogP contribution is 2.28. The highest BCUT2D eigenvalue weighted by molar-refractivity contribution is 5.90. The molecule has 1 spiro atoms. The van der Waals surface area contributed by atoms with Gasteiger partial charge in [0, 0.05) is 11.9 Å². The Morgan fingerprint density at radius 1 is 1.50 bits per heavy atom. The van der Waals surface area contributed by atoms with Gasteiger partial charge in [0.1, 0.15) is 11.9 Å². The van der Waals surface area contributed by atoms with Gasteiger partial charge < -0.3 is 4.90 Å². The van der Waals surface area contributed by atoms with Crippen molar-refractivity contribution in [2.75, 3.05) is 13.1 Å². The van der Waals surface area contributed by atoms with Crippen LogP contribution in [0.3, 0.4) is 0 Å². The molecule has 1 atom stereocenters. The lowest BCUT2D eigenvalue weighted by Gasteiger charge is -2.15. The van der Waals surface area contributed by atoms with Crippen LogP contribution >= 0.6 is 0 Å². The molecule has 3 rings (SSSR count). The third-order valence-electron chi connectivity index (χ3n) is 2.35. The van der Waals surface area contributed by atoms with Crippen molar-refractivity contribution in [2.45, 2.75) is 5.54 Å². The number of aliphatic imine (C=N–C) groups is 3. The largest absolute Gasteiger partial charge is 0.332 e. The molecule has 0 saturated heterocycles. The maximum absolute atomic E-state index is 4.32. The van der Waals surface area contributed by atoms with Gasteiger partial charge in [0.05, 0.1) is 19.4 Å². The fourth-order valence-electron chi connectivity index (χ4n) is 1.77. The lowest BCUT2D eigenvalue weighted by molar-refractivity contribution is 0.536. The molecule has 3 aliphatic heterocycles. The average molecular weight is 160 g/mol. The summed E-state index contributed by atoms with van der Waals surface area (Å²) in [4.78, 5) is 14.6. The number of nitrogens with zero attached hydrogens (tertiary/aromatic N) is 4. The Labute approximate surface area is 70.0 Å². The Balaban J connectivity index is 2.01. The summed E-state index contributed by atoms with van der Waals surface area (Å²) >= 11 is 0. The summed E-state index contributed by atoms with van der Waals surface area (Å²) in [6, 6.07) is 0. The maximum Gasteiger partial charge on any atom is 0.135 e. The van der Waals surface area contributed by atoms with Gasteiger partial charge in [0.25, 0.3) is 0 Å². The summed E-state index contributed by atoms with van der Waals surface area (Å²) in [6.07, 6.45) is 7.54. The monoisotopic (exact) mass is 160 g/mol. The molecule has 0 aromatic rings. The fourth-order valence-corrected chi connectivity index (χ4v) is 1.77. The summed E-state index contributed by atoms with van der Waals surface area (Å²) in [6.45, 7) is 1.66. The van der Waals surface area contributed by atoms with Crippen molar-refractivity contribution >= 4 is 18.9 Å². The molecule has 0 fully saturated rings. The fraction of sp³-hybridized carbons (Fsp3) is 0.375. The first-order valence-electron chi connectivity index (χ1n) is 3.94. The van der Waals surface area contributed by atoms with Gasteiger partial charge in [-0.3, -0.25) is 9.98 Å². The van der Waals surface area contributed by atoms with Gasteiger partial charge in [-0.05, 0) is 6.08 Å². The highest BCUT2D eigenvalue weighted by Gasteiger charge is 2.37. The minimum absolute atomic E-state index is 0.165. The van der Waals surface area contributed by atoms with E-state index in [-0.39, 0.29) is 5.54 Å². The van der Waals surface area contributed by atoms with Crippen LogP contribution in [0.25, 0.3) is 0 Å². The lowest BCUT2D eigenvalue weighted by atomic mass is 10.1. The predicted octanol–water partition coefficient (Wildman–Crippen LogP) is 0.0793. The van der Waals surface area contributed by atoms with Crippen molar-refractivity contribution in [2.24, 2.45) is 15.0 Å². The standard InChI is InChI=1S/C8H8N4/c1-7-2-9-6-12(7)4-8(1)3-10-5-11-8/h1,3,5-6H,2,4H2. The number of fused-ring (bicyclic) bond motifs is 1. The van der Waals surface area contributed by atoms with Crippen LogP contribution in [-0.4, -0.2) is 42.4 Å².